The number of hydrogen-bond acceptors (Lipinski definition) is 5. The SMILES string of the molecule is C=CCNC(C#N)c1cc(OC)c(OC)c(OC)c1. The van der Waals surface area contributed by atoms with Gasteiger partial charge in [0.15, 0.2) is 11.5 Å². The third-order valence-electron chi connectivity index (χ3n) is 2.62. The minimum absolute atomic E-state index is 0.466. The van der Waals surface area contributed by atoms with E-state index in [0.717, 1.165) is 5.56 Å². The molecule has 102 valence electrons. The fraction of sp³-hybridized carbons (Fsp3) is 0.357. The molecule has 1 N–H and O–H groups in total. The lowest BCUT2D eigenvalue weighted by Gasteiger charge is -2.16. The van der Waals surface area contributed by atoms with Gasteiger partial charge in [0.25, 0.3) is 0 Å². The van der Waals surface area contributed by atoms with Crippen molar-refractivity contribution in [1.29, 1.82) is 5.26 Å². The zero-order valence-electron chi connectivity index (χ0n) is 11.4. The van der Waals surface area contributed by atoms with E-state index in [1.165, 1.54) is 7.11 Å². The summed E-state index contributed by atoms with van der Waals surface area (Å²) < 4.78 is 15.8. The average molecular weight is 262 g/mol. The van der Waals surface area contributed by atoms with E-state index in [1.54, 1.807) is 32.4 Å². The summed E-state index contributed by atoms with van der Waals surface area (Å²) >= 11 is 0. The van der Waals surface area contributed by atoms with Crippen LogP contribution in [-0.2, 0) is 0 Å². The van der Waals surface area contributed by atoms with E-state index in [0.29, 0.717) is 23.8 Å². The highest BCUT2D eigenvalue weighted by molar-refractivity contribution is 5.55. The first-order chi connectivity index (χ1) is 9.21. The second-order valence-corrected chi connectivity index (χ2v) is 3.72. The summed E-state index contributed by atoms with van der Waals surface area (Å²) in [7, 11) is 4.62. The van der Waals surface area contributed by atoms with E-state index in [4.69, 9.17) is 14.2 Å². The van der Waals surface area contributed by atoms with Gasteiger partial charge in [-0.2, -0.15) is 5.26 Å². The molecule has 1 aromatic carbocycles. The molecular formula is C14H18N2O3. The van der Waals surface area contributed by atoms with E-state index in [9.17, 15) is 5.26 Å². The molecule has 1 aromatic rings. The van der Waals surface area contributed by atoms with Crippen molar-refractivity contribution in [2.45, 2.75) is 6.04 Å². The summed E-state index contributed by atoms with van der Waals surface area (Å²) in [6.45, 7) is 4.15. The van der Waals surface area contributed by atoms with Crippen LogP contribution in [0.25, 0.3) is 0 Å². The molecule has 0 bridgehead atoms. The van der Waals surface area contributed by atoms with Crippen LogP contribution in [0.2, 0.25) is 0 Å². The van der Waals surface area contributed by atoms with Gasteiger partial charge in [-0.1, -0.05) is 6.08 Å². The van der Waals surface area contributed by atoms with Crippen molar-refractivity contribution < 1.29 is 14.2 Å². The standard InChI is InChI=1S/C14H18N2O3/c1-5-6-16-11(9-15)10-7-12(17-2)14(19-4)13(8-10)18-3/h5,7-8,11,16H,1,6H2,2-4H3. The van der Waals surface area contributed by atoms with Gasteiger partial charge in [-0.25, -0.2) is 0 Å². The van der Waals surface area contributed by atoms with Crippen LogP contribution in [0.3, 0.4) is 0 Å². The van der Waals surface area contributed by atoms with Crippen molar-refractivity contribution in [3.05, 3.63) is 30.4 Å². The molecule has 1 atom stereocenters. The molecule has 0 aromatic heterocycles. The van der Waals surface area contributed by atoms with Crippen molar-refractivity contribution in [3.8, 4) is 23.3 Å². The summed E-state index contributed by atoms with van der Waals surface area (Å²) in [5.74, 6) is 1.56. The van der Waals surface area contributed by atoms with Crippen LogP contribution >= 0.6 is 0 Å². The highest BCUT2D eigenvalue weighted by atomic mass is 16.5. The number of benzene rings is 1. The van der Waals surface area contributed by atoms with Gasteiger partial charge in [-0.15, -0.1) is 6.58 Å². The first-order valence-corrected chi connectivity index (χ1v) is 5.75. The normalized spacial score (nSPS) is 11.3. The Morgan fingerprint density at radius 2 is 1.84 bits per heavy atom. The fourth-order valence-corrected chi connectivity index (χ4v) is 1.71. The molecule has 5 nitrogen and oxygen atoms in total. The number of nitriles is 1. The molecule has 1 unspecified atom stereocenters. The number of methoxy groups -OCH3 is 3. The van der Waals surface area contributed by atoms with Gasteiger partial charge in [0.05, 0.1) is 27.4 Å². The monoisotopic (exact) mass is 262 g/mol. The van der Waals surface area contributed by atoms with E-state index < -0.39 is 6.04 Å². The van der Waals surface area contributed by atoms with Crippen LogP contribution < -0.4 is 19.5 Å². The van der Waals surface area contributed by atoms with Crippen LogP contribution in [0, 0.1) is 11.3 Å². The molecule has 0 radical (unpaired) electrons. The van der Waals surface area contributed by atoms with Gasteiger partial charge >= 0.3 is 0 Å². The zero-order chi connectivity index (χ0) is 14.3. The minimum Gasteiger partial charge on any atom is -0.493 e. The van der Waals surface area contributed by atoms with Gasteiger partial charge in [0.1, 0.15) is 6.04 Å². The Bertz CT molecular complexity index is 455. The number of ether oxygens (including phenoxy) is 3. The van der Waals surface area contributed by atoms with Crippen molar-refractivity contribution in [3.63, 3.8) is 0 Å². The van der Waals surface area contributed by atoms with Gasteiger partial charge in [0.2, 0.25) is 5.75 Å². The van der Waals surface area contributed by atoms with E-state index in [2.05, 4.69) is 18.0 Å². The first-order valence-electron chi connectivity index (χ1n) is 5.75. The molecular weight excluding hydrogens is 244 g/mol. The quantitative estimate of drug-likeness (QED) is 0.762. The Hall–Kier alpha value is -2.19. The third-order valence-corrected chi connectivity index (χ3v) is 2.62. The summed E-state index contributed by atoms with van der Waals surface area (Å²) in [4.78, 5) is 0. The van der Waals surface area contributed by atoms with Crippen LogP contribution in [0.15, 0.2) is 24.8 Å². The molecule has 0 saturated heterocycles. The number of nitrogens with one attached hydrogen (secondary N) is 1. The molecule has 0 amide bonds. The van der Waals surface area contributed by atoms with Crippen molar-refractivity contribution in [2.75, 3.05) is 27.9 Å². The van der Waals surface area contributed by atoms with Crippen LogP contribution in [0.1, 0.15) is 11.6 Å². The molecule has 0 saturated carbocycles. The van der Waals surface area contributed by atoms with Gasteiger partial charge in [0, 0.05) is 6.54 Å². The highest BCUT2D eigenvalue weighted by Gasteiger charge is 2.17. The second kappa shape index (κ2) is 7.29. The largest absolute Gasteiger partial charge is 0.493 e. The fourth-order valence-electron chi connectivity index (χ4n) is 1.71. The van der Waals surface area contributed by atoms with Crippen LogP contribution in [-0.4, -0.2) is 27.9 Å². The lowest BCUT2D eigenvalue weighted by Crippen LogP contribution is -2.20. The Morgan fingerprint density at radius 1 is 1.26 bits per heavy atom. The Labute approximate surface area is 113 Å². The summed E-state index contributed by atoms with van der Waals surface area (Å²) in [6, 6.07) is 5.23. The molecule has 1 rings (SSSR count). The topological polar surface area (TPSA) is 63.5 Å². The smallest absolute Gasteiger partial charge is 0.203 e. The third kappa shape index (κ3) is 3.39. The predicted octanol–water partition coefficient (Wildman–Crippen LogP) is 2.05. The highest BCUT2D eigenvalue weighted by Crippen LogP contribution is 2.39. The van der Waals surface area contributed by atoms with Crippen molar-refractivity contribution in [1.82, 2.24) is 5.32 Å². The Morgan fingerprint density at radius 3 is 2.21 bits per heavy atom. The maximum Gasteiger partial charge on any atom is 0.203 e. The maximum atomic E-state index is 9.20. The molecule has 0 spiro atoms. The van der Waals surface area contributed by atoms with Crippen LogP contribution in [0.5, 0.6) is 17.2 Å². The van der Waals surface area contributed by atoms with Crippen molar-refractivity contribution >= 4 is 0 Å². The van der Waals surface area contributed by atoms with E-state index in [1.807, 2.05) is 0 Å². The number of rotatable bonds is 7. The van der Waals surface area contributed by atoms with Gasteiger partial charge in [-0.3, -0.25) is 5.32 Å². The maximum absolute atomic E-state index is 9.20. The zero-order valence-corrected chi connectivity index (χ0v) is 11.4. The summed E-state index contributed by atoms with van der Waals surface area (Å²) in [6.07, 6.45) is 1.70. The molecule has 0 fully saturated rings. The lowest BCUT2D eigenvalue weighted by atomic mass is 10.1. The lowest BCUT2D eigenvalue weighted by molar-refractivity contribution is 0.323. The average Bonchev–Trinajstić information content (AvgIpc) is 2.46. The Balaban J connectivity index is 3.21. The summed E-state index contributed by atoms with van der Waals surface area (Å²) in [5.41, 5.74) is 0.749. The van der Waals surface area contributed by atoms with Gasteiger partial charge in [-0.05, 0) is 17.7 Å². The molecule has 0 aliphatic rings. The van der Waals surface area contributed by atoms with Crippen LogP contribution in [0.4, 0.5) is 0 Å². The van der Waals surface area contributed by atoms with Crippen molar-refractivity contribution in [2.24, 2.45) is 0 Å². The minimum atomic E-state index is -0.466. The first kappa shape index (κ1) is 14.9. The molecule has 19 heavy (non-hydrogen) atoms. The molecule has 0 aliphatic heterocycles. The number of hydrogen-bond donors (Lipinski definition) is 1. The van der Waals surface area contributed by atoms with E-state index in [-0.39, 0.29) is 0 Å². The molecule has 0 heterocycles. The van der Waals surface area contributed by atoms with Gasteiger partial charge < -0.3 is 14.2 Å². The number of nitrogens with zero attached hydrogens (tertiary/aromatic N) is 1. The second-order valence-electron chi connectivity index (χ2n) is 3.72. The summed E-state index contributed by atoms with van der Waals surface area (Å²) in [5, 5.41) is 12.2. The Kier molecular flexibility index (Phi) is 5.71. The predicted molar refractivity (Wildman–Crippen MR) is 72.7 cm³/mol. The van der Waals surface area contributed by atoms with E-state index >= 15 is 0 Å². The molecule has 5 heteroatoms. The molecule has 0 aliphatic carbocycles.